The predicted molar refractivity (Wildman–Crippen MR) is 99.3 cm³/mol. The first-order valence-electron chi connectivity index (χ1n) is 8.03. The highest BCUT2D eigenvalue weighted by Crippen LogP contribution is 2.42. The minimum absolute atomic E-state index is 0.576. The number of rotatable bonds is 3. The third-order valence-corrected chi connectivity index (χ3v) is 5.24. The van der Waals surface area contributed by atoms with Gasteiger partial charge in [-0.2, -0.15) is 13.2 Å². The lowest BCUT2D eigenvalue weighted by atomic mass is 10.1. The maximum absolute atomic E-state index is 13.2. The number of halogens is 3. The molecular weight excluding hydrogens is 355 g/mol. The fourth-order valence-electron chi connectivity index (χ4n) is 2.86. The number of alkyl halides is 3. The molecule has 1 aromatic heterocycles. The van der Waals surface area contributed by atoms with Crippen LogP contribution in [0.3, 0.4) is 0 Å². The summed E-state index contributed by atoms with van der Waals surface area (Å²) in [5.74, 6) is 0. The molecule has 0 amide bonds. The Morgan fingerprint density at radius 3 is 2.08 bits per heavy atom. The second-order valence-electron chi connectivity index (χ2n) is 5.87. The second kappa shape index (κ2) is 6.57. The van der Waals surface area contributed by atoms with E-state index < -0.39 is 11.7 Å². The Balaban J connectivity index is 1.93. The van der Waals surface area contributed by atoms with Crippen molar-refractivity contribution >= 4 is 22.7 Å². The lowest BCUT2D eigenvalue weighted by Crippen LogP contribution is -2.04. The topological polar surface area (TPSA) is 15.8 Å². The molecule has 4 aromatic rings. The average molecular weight is 369 g/mol. The Hall–Kier alpha value is -2.66. The van der Waals surface area contributed by atoms with Crippen LogP contribution in [0.25, 0.3) is 22.2 Å². The van der Waals surface area contributed by atoms with Crippen LogP contribution in [0.1, 0.15) is 5.56 Å². The summed E-state index contributed by atoms with van der Waals surface area (Å²) >= 11 is 1.47. The van der Waals surface area contributed by atoms with Crippen LogP contribution in [-0.2, 0) is 6.18 Å². The Bertz CT molecular complexity index is 1040. The van der Waals surface area contributed by atoms with Crippen molar-refractivity contribution in [1.82, 2.24) is 4.98 Å². The van der Waals surface area contributed by atoms with Gasteiger partial charge >= 0.3 is 6.18 Å². The van der Waals surface area contributed by atoms with Gasteiger partial charge < -0.3 is 4.98 Å². The Kier molecular flexibility index (Phi) is 4.24. The number of fused-ring (bicyclic) bond motifs is 1. The van der Waals surface area contributed by atoms with Gasteiger partial charge in [0.15, 0.2) is 0 Å². The van der Waals surface area contributed by atoms with Crippen LogP contribution in [0.2, 0.25) is 0 Å². The summed E-state index contributed by atoms with van der Waals surface area (Å²) in [6.07, 6.45) is -4.37. The summed E-state index contributed by atoms with van der Waals surface area (Å²) in [4.78, 5) is 5.06. The standard InChI is InChI=1S/C21H14F3NS/c22-21(23,24)15-11-12-18-17(13-15)20(26-16-9-5-2-6-10-16)19(25-18)14-7-3-1-4-8-14/h1-13,25H. The van der Waals surface area contributed by atoms with E-state index in [2.05, 4.69) is 4.98 Å². The number of aromatic amines is 1. The molecule has 130 valence electrons. The number of aromatic nitrogens is 1. The molecule has 1 nitrogen and oxygen atoms in total. The van der Waals surface area contributed by atoms with Gasteiger partial charge in [-0.15, -0.1) is 0 Å². The van der Waals surface area contributed by atoms with E-state index in [9.17, 15) is 13.2 Å². The molecule has 3 aromatic carbocycles. The van der Waals surface area contributed by atoms with Gasteiger partial charge in [0, 0.05) is 20.7 Å². The molecule has 0 spiro atoms. The highest BCUT2D eigenvalue weighted by molar-refractivity contribution is 7.99. The van der Waals surface area contributed by atoms with Crippen molar-refractivity contribution in [3.05, 3.63) is 84.4 Å². The summed E-state index contributed by atoms with van der Waals surface area (Å²) in [6.45, 7) is 0. The van der Waals surface area contributed by atoms with E-state index in [-0.39, 0.29) is 0 Å². The molecule has 0 unspecified atom stereocenters. The van der Waals surface area contributed by atoms with Crippen molar-refractivity contribution < 1.29 is 13.2 Å². The molecule has 1 N–H and O–H groups in total. The van der Waals surface area contributed by atoms with E-state index >= 15 is 0 Å². The van der Waals surface area contributed by atoms with Crippen molar-refractivity contribution in [2.75, 3.05) is 0 Å². The van der Waals surface area contributed by atoms with Gasteiger partial charge in [-0.25, -0.2) is 0 Å². The van der Waals surface area contributed by atoms with Crippen molar-refractivity contribution in [3.63, 3.8) is 0 Å². The monoisotopic (exact) mass is 369 g/mol. The molecule has 0 atom stereocenters. The van der Waals surface area contributed by atoms with Crippen molar-refractivity contribution in [1.29, 1.82) is 0 Å². The van der Waals surface area contributed by atoms with Crippen LogP contribution in [0.15, 0.2) is 88.7 Å². The first-order valence-corrected chi connectivity index (χ1v) is 8.85. The maximum Gasteiger partial charge on any atom is 0.416 e. The lowest BCUT2D eigenvalue weighted by molar-refractivity contribution is -0.137. The largest absolute Gasteiger partial charge is 0.416 e. The average Bonchev–Trinajstić information content (AvgIpc) is 3.00. The van der Waals surface area contributed by atoms with Crippen LogP contribution in [-0.4, -0.2) is 4.98 Å². The van der Waals surface area contributed by atoms with Gasteiger partial charge in [0.1, 0.15) is 0 Å². The number of H-pyrrole nitrogens is 1. The molecule has 5 heteroatoms. The molecule has 1 heterocycles. The maximum atomic E-state index is 13.2. The summed E-state index contributed by atoms with van der Waals surface area (Å²) in [5, 5.41) is 0.576. The smallest absolute Gasteiger partial charge is 0.354 e. The normalized spacial score (nSPS) is 11.8. The fourth-order valence-corrected chi connectivity index (χ4v) is 3.94. The zero-order valence-corrected chi connectivity index (χ0v) is 14.4. The molecule has 0 aliphatic rings. The minimum Gasteiger partial charge on any atom is -0.354 e. The zero-order valence-electron chi connectivity index (χ0n) is 13.5. The lowest BCUT2D eigenvalue weighted by Gasteiger charge is -2.08. The first-order chi connectivity index (χ1) is 12.5. The first kappa shape index (κ1) is 16.8. The van der Waals surface area contributed by atoms with Gasteiger partial charge in [-0.1, -0.05) is 60.3 Å². The van der Waals surface area contributed by atoms with Gasteiger partial charge in [0.2, 0.25) is 0 Å². The van der Waals surface area contributed by atoms with Gasteiger partial charge in [0.25, 0.3) is 0 Å². The van der Waals surface area contributed by atoms with Crippen molar-refractivity contribution in [2.24, 2.45) is 0 Å². The van der Waals surface area contributed by atoms with Crippen molar-refractivity contribution in [3.8, 4) is 11.3 Å². The van der Waals surface area contributed by atoms with E-state index in [0.29, 0.717) is 10.9 Å². The quantitative estimate of drug-likeness (QED) is 0.411. The third kappa shape index (κ3) is 3.22. The molecule has 4 rings (SSSR count). The number of hydrogen-bond donors (Lipinski definition) is 1. The highest BCUT2D eigenvalue weighted by Gasteiger charge is 2.31. The SMILES string of the molecule is FC(F)(F)c1ccc2[nH]c(-c3ccccc3)c(Sc3ccccc3)c2c1. The van der Waals surface area contributed by atoms with Gasteiger partial charge in [0.05, 0.1) is 11.3 Å². The number of hydrogen-bond acceptors (Lipinski definition) is 1. The second-order valence-corrected chi connectivity index (χ2v) is 6.95. The summed E-state index contributed by atoms with van der Waals surface area (Å²) in [6, 6.07) is 23.1. The summed E-state index contributed by atoms with van der Waals surface area (Å²) < 4.78 is 39.6. The van der Waals surface area contributed by atoms with Crippen LogP contribution < -0.4 is 0 Å². The van der Waals surface area contributed by atoms with Crippen LogP contribution in [0, 0.1) is 0 Å². The van der Waals surface area contributed by atoms with Crippen LogP contribution >= 0.6 is 11.8 Å². The van der Waals surface area contributed by atoms with E-state index in [4.69, 9.17) is 0 Å². The zero-order chi connectivity index (χ0) is 18.1. The third-order valence-electron chi connectivity index (χ3n) is 4.10. The Morgan fingerprint density at radius 2 is 1.42 bits per heavy atom. The fraction of sp³-hybridized carbons (Fsp3) is 0.0476. The minimum atomic E-state index is -4.37. The highest BCUT2D eigenvalue weighted by atomic mass is 32.2. The van der Waals surface area contributed by atoms with E-state index in [1.807, 2.05) is 60.7 Å². The summed E-state index contributed by atoms with van der Waals surface area (Å²) in [5.41, 5.74) is 1.82. The molecule has 26 heavy (non-hydrogen) atoms. The van der Waals surface area contributed by atoms with E-state index in [0.717, 1.165) is 27.1 Å². The Morgan fingerprint density at radius 1 is 0.769 bits per heavy atom. The molecule has 0 aliphatic heterocycles. The van der Waals surface area contributed by atoms with Gasteiger partial charge in [-0.05, 0) is 35.9 Å². The summed E-state index contributed by atoms with van der Waals surface area (Å²) in [7, 11) is 0. The Labute approximate surface area is 152 Å². The molecule has 0 fully saturated rings. The number of benzene rings is 3. The molecule has 0 saturated carbocycles. The molecular formula is C21H14F3NS. The number of nitrogens with one attached hydrogen (secondary N) is 1. The van der Waals surface area contributed by atoms with Gasteiger partial charge in [-0.3, -0.25) is 0 Å². The predicted octanol–water partition coefficient (Wildman–Crippen LogP) is 7.00. The van der Waals surface area contributed by atoms with E-state index in [1.165, 1.54) is 23.9 Å². The van der Waals surface area contributed by atoms with Crippen LogP contribution in [0.5, 0.6) is 0 Å². The molecule has 0 radical (unpaired) electrons. The molecule has 0 aliphatic carbocycles. The van der Waals surface area contributed by atoms with Crippen LogP contribution in [0.4, 0.5) is 13.2 Å². The molecule has 0 saturated heterocycles. The molecule has 0 bridgehead atoms. The van der Waals surface area contributed by atoms with Crippen molar-refractivity contribution in [2.45, 2.75) is 16.0 Å². The van der Waals surface area contributed by atoms with E-state index in [1.54, 1.807) is 0 Å².